The molecule has 1 amide bonds. The van der Waals surface area contributed by atoms with Crippen molar-refractivity contribution in [1.82, 2.24) is 4.90 Å². The summed E-state index contributed by atoms with van der Waals surface area (Å²) in [6.45, 7) is 6.56. The van der Waals surface area contributed by atoms with Gasteiger partial charge < -0.3 is 15.4 Å². The van der Waals surface area contributed by atoms with Crippen LogP contribution in [0.1, 0.15) is 26.7 Å². The molecule has 0 radical (unpaired) electrons. The standard InChI is InChI=1S/C11H20N2O2/c1-10(2)8-15-6-5-13(10)9(14)11(7-12)3-4-11/h3-8,12H2,1-2H3. The van der Waals surface area contributed by atoms with Crippen LogP contribution in [0.25, 0.3) is 0 Å². The molecule has 0 aromatic heterocycles. The Morgan fingerprint density at radius 2 is 2.13 bits per heavy atom. The highest BCUT2D eigenvalue weighted by atomic mass is 16.5. The van der Waals surface area contributed by atoms with Crippen LogP contribution in [0.4, 0.5) is 0 Å². The molecule has 15 heavy (non-hydrogen) atoms. The molecule has 1 heterocycles. The molecule has 86 valence electrons. The van der Waals surface area contributed by atoms with Gasteiger partial charge in [-0.2, -0.15) is 0 Å². The first-order valence-corrected chi connectivity index (χ1v) is 5.62. The second-order valence-corrected chi connectivity index (χ2v) is 5.31. The highest BCUT2D eigenvalue weighted by Gasteiger charge is 2.53. The average Bonchev–Trinajstić information content (AvgIpc) is 2.97. The molecule has 1 saturated heterocycles. The Bertz CT molecular complexity index is 272. The minimum Gasteiger partial charge on any atom is -0.377 e. The Hall–Kier alpha value is -0.610. The Morgan fingerprint density at radius 1 is 1.47 bits per heavy atom. The van der Waals surface area contributed by atoms with Crippen LogP contribution in [0.15, 0.2) is 0 Å². The first-order chi connectivity index (χ1) is 7.02. The molecule has 4 heteroatoms. The van der Waals surface area contributed by atoms with Crippen LogP contribution < -0.4 is 5.73 Å². The number of hydrogen-bond acceptors (Lipinski definition) is 3. The number of carbonyl (C=O) groups is 1. The third-order valence-corrected chi connectivity index (χ3v) is 3.59. The zero-order valence-electron chi connectivity index (χ0n) is 9.58. The van der Waals surface area contributed by atoms with Crippen molar-refractivity contribution in [3.63, 3.8) is 0 Å². The number of hydrogen-bond donors (Lipinski definition) is 1. The van der Waals surface area contributed by atoms with Crippen LogP contribution in [0.2, 0.25) is 0 Å². The third-order valence-electron chi connectivity index (χ3n) is 3.59. The molecule has 2 N–H and O–H groups in total. The highest BCUT2D eigenvalue weighted by molar-refractivity contribution is 5.86. The first kappa shape index (κ1) is 10.9. The van der Waals surface area contributed by atoms with Crippen molar-refractivity contribution in [3.8, 4) is 0 Å². The van der Waals surface area contributed by atoms with E-state index in [2.05, 4.69) is 13.8 Å². The molecule has 4 nitrogen and oxygen atoms in total. The van der Waals surface area contributed by atoms with Gasteiger partial charge in [0.15, 0.2) is 0 Å². The summed E-state index contributed by atoms with van der Waals surface area (Å²) < 4.78 is 5.41. The molecule has 0 unspecified atom stereocenters. The molecule has 1 aliphatic carbocycles. The number of rotatable bonds is 2. The second kappa shape index (κ2) is 3.46. The van der Waals surface area contributed by atoms with Crippen molar-refractivity contribution in [2.45, 2.75) is 32.2 Å². The van der Waals surface area contributed by atoms with Crippen molar-refractivity contribution in [2.24, 2.45) is 11.1 Å². The van der Waals surface area contributed by atoms with Crippen molar-refractivity contribution >= 4 is 5.91 Å². The molecule has 2 fully saturated rings. The van der Waals surface area contributed by atoms with E-state index in [0.29, 0.717) is 26.3 Å². The molecule has 0 bridgehead atoms. The molecule has 0 atom stereocenters. The van der Waals surface area contributed by atoms with Gasteiger partial charge in [0.2, 0.25) is 5.91 Å². The predicted octanol–water partition coefficient (Wildman–Crippen LogP) is 0.363. The molecule has 0 aromatic carbocycles. The summed E-state index contributed by atoms with van der Waals surface area (Å²) in [4.78, 5) is 14.3. The SMILES string of the molecule is CC1(C)COCCN1C(=O)C1(CN)CC1. The zero-order valence-corrected chi connectivity index (χ0v) is 9.58. The lowest BCUT2D eigenvalue weighted by Gasteiger charge is -2.43. The quantitative estimate of drug-likeness (QED) is 0.719. The Balaban J connectivity index is 2.12. The van der Waals surface area contributed by atoms with E-state index >= 15 is 0 Å². The number of amides is 1. The lowest BCUT2D eigenvalue weighted by Crippen LogP contribution is -2.58. The van der Waals surface area contributed by atoms with Crippen molar-refractivity contribution in [1.29, 1.82) is 0 Å². The summed E-state index contributed by atoms with van der Waals surface area (Å²) in [6, 6.07) is 0. The fourth-order valence-electron chi connectivity index (χ4n) is 2.18. The summed E-state index contributed by atoms with van der Waals surface area (Å²) in [7, 11) is 0. The van der Waals surface area contributed by atoms with Crippen molar-refractivity contribution < 1.29 is 9.53 Å². The second-order valence-electron chi connectivity index (χ2n) is 5.31. The molecule has 2 aliphatic rings. The van der Waals surface area contributed by atoms with Gasteiger partial charge in [-0.3, -0.25) is 4.79 Å². The fraction of sp³-hybridized carbons (Fsp3) is 0.909. The van der Waals surface area contributed by atoms with Crippen LogP contribution in [-0.4, -0.2) is 42.6 Å². The zero-order chi connectivity index (χ0) is 11.1. The molecule has 0 spiro atoms. The maximum atomic E-state index is 12.3. The van der Waals surface area contributed by atoms with Gasteiger partial charge in [0.25, 0.3) is 0 Å². The van der Waals surface area contributed by atoms with Gasteiger partial charge in [0, 0.05) is 13.1 Å². The predicted molar refractivity (Wildman–Crippen MR) is 57.3 cm³/mol. The van der Waals surface area contributed by atoms with Gasteiger partial charge in [-0.1, -0.05) is 0 Å². The van der Waals surface area contributed by atoms with E-state index in [-0.39, 0.29) is 16.9 Å². The Morgan fingerprint density at radius 3 is 2.60 bits per heavy atom. The van der Waals surface area contributed by atoms with Crippen molar-refractivity contribution in [2.75, 3.05) is 26.3 Å². The third kappa shape index (κ3) is 1.76. The molecule has 0 aromatic rings. The van der Waals surface area contributed by atoms with Crippen LogP contribution >= 0.6 is 0 Å². The van der Waals surface area contributed by atoms with Crippen molar-refractivity contribution in [3.05, 3.63) is 0 Å². The fourth-order valence-corrected chi connectivity index (χ4v) is 2.18. The van der Waals surface area contributed by atoms with Crippen LogP contribution in [0.5, 0.6) is 0 Å². The van der Waals surface area contributed by atoms with E-state index < -0.39 is 0 Å². The first-order valence-electron chi connectivity index (χ1n) is 5.62. The molecule has 1 saturated carbocycles. The number of carbonyl (C=O) groups excluding carboxylic acids is 1. The summed E-state index contributed by atoms with van der Waals surface area (Å²) >= 11 is 0. The number of nitrogens with zero attached hydrogens (tertiary/aromatic N) is 1. The summed E-state index contributed by atoms with van der Waals surface area (Å²) in [5.41, 5.74) is 5.28. The minimum atomic E-state index is -0.228. The number of morpholine rings is 1. The Kier molecular flexibility index (Phi) is 2.51. The summed E-state index contributed by atoms with van der Waals surface area (Å²) in [5, 5.41) is 0. The largest absolute Gasteiger partial charge is 0.377 e. The van der Waals surface area contributed by atoms with Gasteiger partial charge in [-0.05, 0) is 26.7 Å². The van der Waals surface area contributed by atoms with E-state index in [4.69, 9.17) is 10.5 Å². The molecular weight excluding hydrogens is 192 g/mol. The lowest BCUT2D eigenvalue weighted by molar-refractivity contribution is -0.151. The van der Waals surface area contributed by atoms with E-state index in [9.17, 15) is 4.79 Å². The van der Waals surface area contributed by atoms with Crippen LogP contribution in [-0.2, 0) is 9.53 Å². The maximum absolute atomic E-state index is 12.3. The lowest BCUT2D eigenvalue weighted by atomic mass is 9.97. The summed E-state index contributed by atoms with van der Waals surface area (Å²) in [5.74, 6) is 0.235. The normalized spacial score (nSPS) is 27.5. The van der Waals surface area contributed by atoms with Gasteiger partial charge >= 0.3 is 0 Å². The van der Waals surface area contributed by atoms with E-state index in [0.717, 1.165) is 12.8 Å². The topological polar surface area (TPSA) is 55.6 Å². The van der Waals surface area contributed by atoms with Gasteiger partial charge in [0.05, 0.1) is 24.2 Å². The summed E-state index contributed by atoms with van der Waals surface area (Å²) in [6.07, 6.45) is 1.91. The number of nitrogens with two attached hydrogens (primary N) is 1. The smallest absolute Gasteiger partial charge is 0.230 e. The van der Waals surface area contributed by atoms with E-state index in [1.807, 2.05) is 4.90 Å². The van der Waals surface area contributed by atoms with Crippen LogP contribution in [0.3, 0.4) is 0 Å². The minimum absolute atomic E-state index is 0.180. The number of ether oxygens (including phenoxy) is 1. The maximum Gasteiger partial charge on any atom is 0.230 e. The van der Waals surface area contributed by atoms with Gasteiger partial charge in [-0.15, -0.1) is 0 Å². The van der Waals surface area contributed by atoms with Gasteiger partial charge in [-0.25, -0.2) is 0 Å². The monoisotopic (exact) mass is 212 g/mol. The highest BCUT2D eigenvalue weighted by Crippen LogP contribution is 2.47. The van der Waals surface area contributed by atoms with Gasteiger partial charge in [0.1, 0.15) is 0 Å². The van der Waals surface area contributed by atoms with E-state index in [1.54, 1.807) is 0 Å². The molecule has 1 aliphatic heterocycles. The van der Waals surface area contributed by atoms with Crippen LogP contribution in [0, 0.1) is 5.41 Å². The average molecular weight is 212 g/mol. The molecular formula is C11H20N2O2. The Labute approximate surface area is 90.8 Å². The van der Waals surface area contributed by atoms with E-state index in [1.165, 1.54) is 0 Å². The molecule has 2 rings (SSSR count).